The van der Waals surface area contributed by atoms with Crippen molar-refractivity contribution in [2.45, 2.75) is 25.9 Å². The Balaban J connectivity index is 1.36. The van der Waals surface area contributed by atoms with Gasteiger partial charge in [-0.05, 0) is 61.1 Å². The van der Waals surface area contributed by atoms with Crippen LogP contribution in [0.1, 0.15) is 16.7 Å². The second-order valence-corrected chi connectivity index (χ2v) is 10.4. The summed E-state index contributed by atoms with van der Waals surface area (Å²) >= 11 is 10.4. The largest absolute Gasteiger partial charge is 0.488 e. The van der Waals surface area contributed by atoms with E-state index < -0.39 is 6.10 Å². The van der Waals surface area contributed by atoms with Crippen molar-refractivity contribution >= 4 is 38.6 Å². The van der Waals surface area contributed by atoms with Crippen LogP contribution in [-0.2, 0) is 19.8 Å². The van der Waals surface area contributed by atoms with Crippen LogP contribution < -0.4 is 14.8 Å². The Hall–Kier alpha value is -3.47. The van der Waals surface area contributed by atoms with E-state index in [4.69, 9.17) is 30.8 Å². The van der Waals surface area contributed by atoms with E-state index in [9.17, 15) is 5.11 Å². The number of benzene rings is 4. The first kappa shape index (κ1) is 28.1. The van der Waals surface area contributed by atoms with Gasteiger partial charge < -0.3 is 25.0 Å². The molecule has 0 unspecified atom stereocenters. The summed E-state index contributed by atoms with van der Waals surface area (Å²) < 4.78 is 18.1. The average molecular weight is 625 g/mol. The smallest absolute Gasteiger partial charge is 0.142 e. The van der Waals surface area contributed by atoms with Crippen molar-refractivity contribution in [2.75, 3.05) is 13.2 Å². The zero-order valence-corrected chi connectivity index (χ0v) is 23.7. The quantitative estimate of drug-likeness (QED) is 0.157. The van der Waals surface area contributed by atoms with Crippen molar-refractivity contribution in [3.63, 3.8) is 0 Å². The average Bonchev–Trinajstić information content (AvgIpc) is 3.45. The first-order valence-corrected chi connectivity index (χ1v) is 13.8. The number of rotatable bonds is 12. The third kappa shape index (κ3) is 6.80. The fraction of sp³-hybridized carbons (Fsp3) is 0.200. The van der Waals surface area contributed by atoms with Gasteiger partial charge in [0.25, 0.3) is 0 Å². The molecule has 0 aliphatic heterocycles. The van der Waals surface area contributed by atoms with Gasteiger partial charge in [0.2, 0.25) is 0 Å². The number of hydrogen-bond donors (Lipinski definition) is 3. The maximum Gasteiger partial charge on any atom is 0.142 e. The number of halogens is 2. The minimum absolute atomic E-state index is 0.216. The Labute approximate surface area is 244 Å². The maximum atomic E-state index is 9.71. The lowest BCUT2D eigenvalue weighted by Crippen LogP contribution is -2.29. The molecule has 5 aromatic rings. The van der Waals surface area contributed by atoms with Gasteiger partial charge in [-0.15, -0.1) is 0 Å². The van der Waals surface area contributed by atoms with Crippen LogP contribution in [0.3, 0.4) is 0 Å². The molecule has 40 heavy (non-hydrogen) atoms. The SMILES string of the molecule is OC[C@H](O)CNCc1cc(Cl)c(OCc2cccc(-c3ccccc3)c2Br)cc1OCc1ccc2nonc2c1. The molecule has 0 bridgehead atoms. The molecule has 0 aliphatic carbocycles. The summed E-state index contributed by atoms with van der Waals surface area (Å²) in [4.78, 5) is 0. The molecule has 1 atom stereocenters. The Morgan fingerprint density at radius 3 is 2.50 bits per heavy atom. The summed E-state index contributed by atoms with van der Waals surface area (Å²) in [6.45, 7) is 0.804. The summed E-state index contributed by atoms with van der Waals surface area (Å²) in [7, 11) is 0. The highest BCUT2D eigenvalue weighted by molar-refractivity contribution is 9.10. The Bertz CT molecular complexity index is 1580. The van der Waals surface area contributed by atoms with E-state index in [1.165, 1.54) is 0 Å². The van der Waals surface area contributed by atoms with Crippen molar-refractivity contribution in [3.05, 3.63) is 105 Å². The van der Waals surface area contributed by atoms with Gasteiger partial charge in [-0.2, -0.15) is 0 Å². The van der Waals surface area contributed by atoms with Crippen molar-refractivity contribution in [3.8, 4) is 22.6 Å². The van der Waals surface area contributed by atoms with E-state index in [2.05, 4.69) is 49.8 Å². The molecule has 0 fully saturated rings. The summed E-state index contributed by atoms with van der Waals surface area (Å²) in [6, 6.07) is 25.3. The van der Waals surface area contributed by atoms with Gasteiger partial charge >= 0.3 is 0 Å². The normalized spacial score (nSPS) is 12.0. The fourth-order valence-electron chi connectivity index (χ4n) is 4.16. The lowest BCUT2D eigenvalue weighted by molar-refractivity contribution is 0.0941. The molecule has 3 N–H and O–H groups in total. The number of hydrogen-bond acceptors (Lipinski definition) is 8. The van der Waals surface area contributed by atoms with Crippen LogP contribution >= 0.6 is 27.5 Å². The van der Waals surface area contributed by atoms with Crippen molar-refractivity contribution in [1.82, 2.24) is 15.6 Å². The van der Waals surface area contributed by atoms with Crippen molar-refractivity contribution < 1.29 is 24.3 Å². The zero-order chi connectivity index (χ0) is 27.9. The highest BCUT2D eigenvalue weighted by Crippen LogP contribution is 2.36. The first-order valence-electron chi connectivity index (χ1n) is 12.6. The molecule has 4 aromatic carbocycles. The molecule has 0 radical (unpaired) electrons. The number of aliphatic hydroxyl groups excluding tert-OH is 2. The van der Waals surface area contributed by atoms with Gasteiger partial charge in [0.05, 0.1) is 17.7 Å². The van der Waals surface area contributed by atoms with Crippen LogP contribution in [-0.4, -0.2) is 39.8 Å². The molecule has 8 nitrogen and oxygen atoms in total. The van der Waals surface area contributed by atoms with Gasteiger partial charge in [0, 0.05) is 34.8 Å². The van der Waals surface area contributed by atoms with Crippen molar-refractivity contribution in [2.24, 2.45) is 0 Å². The summed E-state index contributed by atoms with van der Waals surface area (Å²) in [6.07, 6.45) is -0.865. The summed E-state index contributed by atoms with van der Waals surface area (Å²) in [5.41, 5.74) is 6.12. The van der Waals surface area contributed by atoms with Crippen LogP contribution in [0.25, 0.3) is 22.2 Å². The highest BCUT2D eigenvalue weighted by Gasteiger charge is 2.15. The van der Waals surface area contributed by atoms with Crippen LogP contribution in [0.4, 0.5) is 0 Å². The number of aliphatic hydroxyl groups is 2. The number of ether oxygens (including phenoxy) is 2. The minimum Gasteiger partial charge on any atom is -0.488 e. The predicted octanol–water partition coefficient (Wildman–Crippen LogP) is 5.91. The molecule has 1 aromatic heterocycles. The predicted molar refractivity (Wildman–Crippen MR) is 156 cm³/mol. The Kier molecular flexibility index (Phi) is 9.30. The molecule has 5 rings (SSSR count). The fourth-order valence-corrected chi connectivity index (χ4v) is 5.01. The van der Waals surface area contributed by atoms with Crippen molar-refractivity contribution in [1.29, 1.82) is 0 Å². The number of nitrogens with zero attached hydrogens (tertiary/aromatic N) is 2. The molecule has 0 saturated carbocycles. The van der Waals surface area contributed by atoms with E-state index >= 15 is 0 Å². The standard InChI is InChI=1S/C30H27BrClN3O5/c31-30-21(7-4-8-24(30)20-5-2-1-3-6-20)18-39-29-13-28(22(12-25(29)32)14-33-15-23(37)16-36)38-17-19-9-10-26-27(11-19)35-40-34-26/h1-13,23,33,36-37H,14-18H2/t23-/m1/s1. The second kappa shape index (κ2) is 13.3. The van der Waals surface area contributed by atoms with Gasteiger partial charge in [-0.3, -0.25) is 0 Å². The molecule has 10 heteroatoms. The third-order valence-electron chi connectivity index (χ3n) is 6.28. The molecule has 0 amide bonds. The van der Waals surface area contributed by atoms with Crippen LogP contribution in [0.2, 0.25) is 5.02 Å². The van der Waals surface area contributed by atoms with Crippen LogP contribution in [0.15, 0.2) is 88.0 Å². The van der Waals surface area contributed by atoms with Gasteiger partial charge in [0.15, 0.2) is 0 Å². The van der Waals surface area contributed by atoms with Gasteiger partial charge in [-0.1, -0.05) is 66.2 Å². The zero-order valence-electron chi connectivity index (χ0n) is 21.4. The number of aromatic nitrogens is 2. The summed E-state index contributed by atoms with van der Waals surface area (Å²) in [5.74, 6) is 1.05. The Morgan fingerprint density at radius 2 is 1.68 bits per heavy atom. The Morgan fingerprint density at radius 1 is 0.875 bits per heavy atom. The van der Waals surface area contributed by atoms with Crippen LogP contribution in [0, 0.1) is 0 Å². The molecule has 1 heterocycles. The summed E-state index contributed by atoms with van der Waals surface area (Å²) in [5, 5.41) is 30.1. The number of fused-ring (bicyclic) bond motifs is 1. The van der Waals surface area contributed by atoms with E-state index in [0.717, 1.165) is 32.3 Å². The van der Waals surface area contributed by atoms with Crippen LogP contribution in [0.5, 0.6) is 11.5 Å². The monoisotopic (exact) mass is 623 g/mol. The third-order valence-corrected chi connectivity index (χ3v) is 7.51. The molecular weight excluding hydrogens is 598 g/mol. The topological polar surface area (TPSA) is 110 Å². The molecule has 0 saturated heterocycles. The molecule has 0 spiro atoms. The second-order valence-electron chi connectivity index (χ2n) is 9.17. The minimum atomic E-state index is -0.865. The lowest BCUT2D eigenvalue weighted by atomic mass is 10.0. The highest BCUT2D eigenvalue weighted by atomic mass is 79.9. The van der Waals surface area contributed by atoms with E-state index in [0.29, 0.717) is 34.1 Å². The van der Waals surface area contributed by atoms with Gasteiger partial charge in [-0.25, -0.2) is 4.63 Å². The molecule has 0 aliphatic rings. The van der Waals surface area contributed by atoms with E-state index in [1.54, 1.807) is 12.1 Å². The van der Waals surface area contributed by atoms with E-state index in [-0.39, 0.29) is 26.4 Å². The molecular formula is C30H27BrClN3O5. The number of nitrogens with one attached hydrogen (secondary N) is 1. The van der Waals surface area contributed by atoms with Gasteiger partial charge in [0.1, 0.15) is 35.7 Å². The first-order chi connectivity index (χ1) is 19.5. The lowest BCUT2D eigenvalue weighted by Gasteiger charge is -2.17. The maximum absolute atomic E-state index is 9.71. The van der Waals surface area contributed by atoms with E-state index in [1.807, 2.05) is 48.5 Å². The molecule has 206 valence electrons.